The highest BCUT2D eigenvalue weighted by Gasteiger charge is 2.42. The highest BCUT2D eigenvalue weighted by molar-refractivity contribution is 7.10. The van der Waals surface area contributed by atoms with Crippen molar-refractivity contribution < 1.29 is 28.2 Å². The molecule has 9 heteroatoms. The summed E-state index contributed by atoms with van der Waals surface area (Å²) >= 11 is 1.49. The van der Waals surface area contributed by atoms with E-state index in [9.17, 15) is 14.0 Å². The van der Waals surface area contributed by atoms with Crippen LogP contribution in [-0.2, 0) is 4.79 Å². The van der Waals surface area contributed by atoms with E-state index >= 15 is 0 Å². The van der Waals surface area contributed by atoms with Crippen LogP contribution in [0.3, 0.4) is 0 Å². The first-order chi connectivity index (χ1) is 20.4. The number of hydrogen-bond donors (Lipinski definition) is 1. The lowest BCUT2D eigenvalue weighted by molar-refractivity contribution is -0.116. The molecule has 4 aromatic rings. The van der Waals surface area contributed by atoms with E-state index in [-0.39, 0.29) is 29.8 Å². The summed E-state index contributed by atoms with van der Waals surface area (Å²) < 4.78 is 30.2. The Balaban J connectivity index is 1.53. The molecule has 0 fully saturated rings. The third-order valence-electron chi connectivity index (χ3n) is 7.77. The fraction of sp³-hybridized carbons (Fsp3) is 0.212. The van der Waals surface area contributed by atoms with E-state index in [2.05, 4.69) is 5.32 Å². The van der Waals surface area contributed by atoms with Crippen molar-refractivity contribution in [2.24, 2.45) is 0 Å². The fourth-order valence-electron chi connectivity index (χ4n) is 5.84. The van der Waals surface area contributed by atoms with E-state index in [0.29, 0.717) is 46.2 Å². The molecule has 0 radical (unpaired) electrons. The topological polar surface area (TPSA) is 77.1 Å². The third-order valence-corrected chi connectivity index (χ3v) is 8.70. The lowest BCUT2D eigenvalue weighted by atomic mass is 9.79. The van der Waals surface area contributed by atoms with Crippen molar-refractivity contribution in [1.82, 2.24) is 0 Å². The van der Waals surface area contributed by atoms with Crippen LogP contribution in [-0.4, -0.2) is 33.0 Å². The van der Waals surface area contributed by atoms with Crippen molar-refractivity contribution in [1.29, 1.82) is 0 Å². The van der Waals surface area contributed by atoms with Gasteiger partial charge in [-0.3, -0.25) is 14.5 Å². The smallest absolute Gasteiger partial charge is 0.259 e. The van der Waals surface area contributed by atoms with Gasteiger partial charge in [-0.05, 0) is 65.7 Å². The second kappa shape index (κ2) is 11.3. The Kier molecular flexibility index (Phi) is 7.43. The molecule has 2 aliphatic rings. The number of fused-ring (bicyclic) bond motifs is 1. The Labute approximate surface area is 247 Å². The maximum absolute atomic E-state index is 14.6. The van der Waals surface area contributed by atoms with E-state index in [0.717, 1.165) is 16.1 Å². The van der Waals surface area contributed by atoms with E-state index in [4.69, 9.17) is 14.2 Å². The molecule has 214 valence electrons. The summed E-state index contributed by atoms with van der Waals surface area (Å²) in [5.74, 6) is 0.244. The Morgan fingerprint density at radius 3 is 2.29 bits per heavy atom. The second-order valence-electron chi connectivity index (χ2n) is 10.1. The molecular weight excluding hydrogens is 555 g/mol. The normalized spacial score (nSPS) is 18.0. The van der Waals surface area contributed by atoms with Gasteiger partial charge in [-0.25, -0.2) is 4.39 Å². The number of carbonyl (C=O) groups is 2. The molecule has 1 aliphatic carbocycles. The van der Waals surface area contributed by atoms with Gasteiger partial charge in [0.25, 0.3) is 5.91 Å². The van der Waals surface area contributed by atoms with Crippen LogP contribution >= 0.6 is 11.3 Å². The fourth-order valence-corrected chi connectivity index (χ4v) is 6.67. The number of amides is 1. The quantitative estimate of drug-likeness (QED) is 0.260. The molecule has 0 saturated carbocycles. The van der Waals surface area contributed by atoms with Crippen LogP contribution in [0.2, 0.25) is 0 Å². The molecule has 2 heterocycles. The maximum atomic E-state index is 14.6. The van der Waals surface area contributed by atoms with Gasteiger partial charge in [-0.1, -0.05) is 30.3 Å². The molecule has 0 bridgehead atoms. The predicted octanol–water partition coefficient (Wildman–Crippen LogP) is 7.13. The number of thiophene rings is 1. The summed E-state index contributed by atoms with van der Waals surface area (Å²) in [6.07, 6.45) is 0.783. The minimum Gasteiger partial charge on any atom is -0.493 e. The van der Waals surface area contributed by atoms with Crippen LogP contribution in [0.1, 0.15) is 45.6 Å². The summed E-state index contributed by atoms with van der Waals surface area (Å²) in [7, 11) is 4.51. The number of rotatable bonds is 6. The minimum atomic E-state index is -0.676. The lowest BCUT2D eigenvalue weighted by Crippen LogP contribution is -2.38. The highest BCUT2D eigenvalue weighted by Crippen LogP contribution is 2.49. The minimum absolute atomic E-state index is 0.0630. The van der Waals surface area contributed by atoms with Gasteiger partial charge in [0.15, 0.2) is 17.3 Å². The molecule has 3 aromatic carbocycles. The van der Waals surface area contributed by atoms with E-state index < -0.39 is 6.04 Å². The Morgan fingerprint density at radius 2 is 1.64 bits per heavy atom. The first-order valence-electron chi connectivity index (χ1n) is 13.5. The summed E-state index contributed by atoms with van der Waals surface area (Å²) in [5.41, 5.74) is 3.86. The number of ether oxygens (including phenoxy) is 3. The van der Waals surface area contributed by atoms with Crippen molar-refractivity contribution in [3.63, 3.8) is 0 Å². The number of ketones is 1. The molecular formula is C33H29FN2O5S. The zero-order valence-corrected chi connectivity index (χ0v) is 24.2. The van der Waals surface area contributed by atoms with E-state index in [1.807, 2.05) is 41.8 Å². The Hall–Kier alpha value is -4.63. The van der Waals surface area contributed by atoms with Gasteiger partial charge in [0, 0.05) is 28.1 Å². The van der Waals surface area contributed by atoms with Crippen molar-refractivity contribution >= 4 is 34.4 Å². The number of benzene rings is 3. The highest BCUT2D eigenvalue weighted by atomic mass is 32.1. The van der Waals surface area contributed by atoms with Crippen LogP contribution in [0.15, 0.2) is 89.4 Å². The number of Topliss-reactive ketones (excluding diaryl/α,β-unsaturated/α-hetero) is 1. The monoisotopic (exact) mass is 584 g/mol. The summed E-state index contributed by atoms with van der Waals surface area (Å²) in [6.45, 7) is 0. The number of anilines is 2. The Morgan fingerprint density at radius 1 is 0.929 bits per heavy atom. The molecule has 2 atom stereocenters. The summed E-state index contributed by atoms with van der Waals surface area (Å²) in [4.78, 5) is 31.3. The largest absolute Gasteiger partial charge is 0.493 e. The molecule has 0 unspecified atom stereocenters. The van der Waals surface area contributed by atoms with Gasteiger partial charge < -0.3 is 19.5 Å². The maximum Gasteiger partial charge on any atom is 0.259 e. The van der Waals surface area contributed by atoms with Gasteiger partial charge in [-0.15, -0.1) is 11.3 Å². The van der Waals surface area contributed by atoms with Crippen LogP contribution in [0.25, 0.3) is 0 Å². The second-order valence-corrected chi connectivity index (χ2v) is 11.1. The number of methoxy groups -OCH3 is 3. The van der Waals surface area contributed by atoms with Gasteiger partial charge in [0.1, 0.15) is 11.9 Å². The van der Waals surface area contributed by atoms with Crippen molar-refractivity contribution in [2.75, 3.05) is 31.5 Å². The summed E-state index contributed by atoms with van der Waals surface area (Å²) in [5, 5.41) is 5.46. The molecule has 6 rings (SSSR count). The van der Waals surface area contributed by atoms with Crippen molar-refractivity contribution in [3.8, 4) is 17.2 Å². The molecule has 42 heavy (non-hydrogen) atoms. The molecule has 1 aromatic heterocycles. The van der Waals surface area contributed by atoms with Crippen molar-refractivity contribution in [3.05, 3.63) is 111 Å². The van der Waals surface area contributed by atoms with Crippen LogP contribution in [0.5, 0.6) is 17.2 Å². The number of hydrogen-bond acceptors (Lipinski definition) is 7. The Bertz CT molecular complexity index is 1660. The molecule has 7 nitrogen and oxygen atoms in total. The first kappa shape index (κ1) is 27.5. The van der Waals surface area contributed by atoms with E-state index in [1.54, 1.807) is 29.2 Å². The number of allylic oxidation sites excluding steroid dienone is 1. The van der Waals surface area contributed by atoms with Crippen LogP contribution in [0.4, 0.5) is 15.8 Å². The molecule has 1 aliphatic heterocycles. The van der Waals surface area contributed by atoms with Crippen LogP contribution in [0, 0.1) is 5.82 Å². The number of nitrogens with zero attached hydrogens (tertiary/aromatic N) is 1. The molecule has 1 amide bonds. The van der Waals surface area contributed by atoms with Gasteiger partial charge in [0.2, 0.25) is 5.75 Å². The standard InChI is InChI=1S/C33H29FN2O5S/c1-39-27-17-21(18-28(40-2)32(27)41-3)33(38)36-25-8-5-4-7-23(25)35-24-15-20(19-10-12-22(34)13-11-19)16-26(37)30(24)31(36)29-9-6-14-42-29/h4-14,17-18,20,31,35H,15-16H2,1-3H3/t20-,31+/m0/s1. The summed E-state index contributed by atoms with van der Waals surface area (Å²) in [6, 6.07) is 20.3. The predicted molar refractivity (Wildman–Crippen MR) is 160 cm³/mol. The number of carbonyl (C=O) groups excluding carboxylic acids is 2. The zero-order valence-electron chi connectivity index (χ0n) is 23.3. The molecule has 0 spiro atoms. The first-order valence-corrected chi connectivity index (χ1v) is 14.4. The lowest BCUT2D eigenvalue weighted by Gasteiger charge is -2.34. The molecule has 0 saturated heterocycles. The van der Waals surface area contributed by atoms with Crippen LogP contribution < -0.4 is 24.4 Å². The zero-order chi connectivity index (χ0) is 29.4. The number of para-hydroxylation sites is 2. The number of nitrogens with one attached hydrogen (secondary N) is 1. The van der Waals surface area contributed by atoms with E-state index in [1.165, 1.54) is 44.8 Å². The third kappa shape index (κ3) is 4.79. The SMILES string of the molecule is COc1cc(C(=O)N2c3ccccc3NC3=C(C(=O)C[C@@H](c4ccc(F)cc4)C3)[C@H]2c2cccs2)cc(OC)c1OC. The average Bonchev–Trinajstić information content (AvgIpc) is 3.50. The van der Waals surface area contributed by atoms with Crippen molar-refractivity contribution in [2.45, 2.75) is 24.8 Å². The van der Waals surface area contributed by atoms with Gasteiger partial charge >= 0.3 is 0 Å². The average molecular weight is 585 g/mol. The molecule has 1 N–H and O–H groups in total. The number of halogens is 1. The van der Waals surface area contributed by atoms with Gasteiger partial charge in [-0.2, -0.15) is 0 Å². The van der Waals surface area contributed by atoms with Gasteiger partial charge in [0.05, 0.1) is 32.7 Å².